The van der Waals surface area contributed by atoms with Gasteiger partial charge >= 0.3 is 5.97 Å². The second kappa shape index (κ2) is 8.86. The summed E-state index contributed by atoms with van der Waals surface area (Å²) in [5.41, 5.74) is 1.68. The number of para-hydroxylation sites is 1. The first-order chi connectivity index (χ1) is 14.9. The minimum Gasteiger partial charge on any atom is -0.485 e. The summed E-state index contributed by atoms with van der Waals surface area (Å²) in [4.78, 5) is 11.4. The predicted molar refractivity (Wildman–Crippen MR) is 113 cm³/mol. The number of esters is 1. The molecule has 0 aromatic heterocycles. The lowest BCUT2D eigenvalue weighted by molar-refractivity contribution is -0.142. The van der Waals surface area contributed by atoms with Crippen molar-refractivity contribution in [2.24, 2.45) is 0 Å². The number of carbonyl (C=O) groups is 1. The van der Waals surface area contributed by atoms with Gasteiger partial charge in [0.1, 0.15) is 6.10 Å². The van der Waals surface area contributed by atoms with Gasteiger partial charge in [0, 0.05) is 17.9 Å². The number of hydrogen-bond donors (Lipinski definition) is 2. The van der Waals surface area contributed by atoms with E-state index in [-0.39, 0.29) is 24.4 Å². The Morgan fingerprint density at radius 2 is 1.97 bits per heavy atom. The van der Waals surface area contributed by atoms with E-state index >= 15 is 0 Å². The Morgan fingerprint density at radius 3 is 2.71 bits per heavy atom. The summed E-state index contributed by atoms with van der Waals surface area (Å²) < 4.78 is 44.3. The zero-order valence-corrected chi connectivity index (χ0v) is 17.9. The highest BCUT2D eigenvalue weighted by Crippen LogP contribution is 2.51. The molecule has 2 N–H and O–H groups in total. The van der Waals surface area contributed by atoms with Crippen molar-refractivity contribution in [1.29, 1.82) is 0 Å². The molecule has 2 aromatic rings. The molecule has 1 aliphatic carbocycles. The van der Waals surface area contributed by atoms with Crippen molar-refractivity contribution in [3.05, 3.63) is 59.7 Å². The smallest absolute Gasteiger partial charge is 0.343 e. The molecule has 2 aromatic carbocycles. The zero-order chi connectivity index (χ0) is 22.0. The lowest BCUT2D eigenvalue weighted by Gasteiger charge is -2.22. The average molecular weight is 448 g/mol. The van der Waals surface area contributed by atoms with Crippen LogP contribution in [0.25, 0.3) is 0 Å². The Bertz CT molecular complexity index is 1040. The number of methoxy groups -OCH3 is 1. The molecule has 8 nitrogen and oxygen atoms in total. The lowest BCUT2D eigenvalue weighted by Crippen LogP contribution is -2.44. The molecular formula is C22H25NO7S. The van der Waals surface area contributed by atoms with Gasteiger partial charge in [-0.05, 0) is 18.1 Å². The molecule has 4 rings (SSSR count). The van der Waals surface area contributed by atoms with Gasteiger partial charge in [0.05, 0.1) is 25.0 Å². The quantitative estimate of drug-likeness (QED) is 0.588. The standard InChI is InChI=1S/C22H25NO7S/c1-28-19(25)13-29-17-9-5-8-15-20-18(30-22(15)17)12-16(24)21(20)23-31(26,27)11-10-14-6-3-2-4-7-14/h2-9,16,18,20-21,23-24H,10-13H2,1H3. The third-order valence-corrected chi connectivity index (χ3v) is 7.08. The SMILES string of the molecule is COC(=O)COc1cccc2c1OC1CC(O)C(NS(=O)(=O)CCc3ccccc3)C21. The molecule has 9 heteroatoms. The molecule has 0 spiro atoms. The van der Waals surface area contributed by atoms with Crippen LogP contribution < -0.4 is 14.2 Å². The molecule has 2 aliphatic rings. The van der Waals surface area contributed by atoms with Crippen LogP contribution in [0.5, 0.6) is 11.5 Å². The van der Waals surface area contributed by atoms with Gasteiger partial charge in [0.15, 0.2) is 18.1 Å². The highest BCUT2D eigenvalue weighted by molar-refractivity contribution is 7.89. The van der Waals surface area contributed by atoms with E-state index in [1.165, 1.54) is 7.11 Å². The number of fused-ring (bicyclic) bond motifs is 3. The van der Waals surface area contributed by atoms with Gasteiger partial charge in [-0.2, -0.15) is 0 Å². The fourth-order valence-corrected chi connectivity index (χ4v) is 5.55. The number of sulfonamides is 1. The van der Waals surface area contributed by atoms with Crippen LogP contribution in [0.15, 0.2) is 48.5 Å². The normalized spacial score (nSPS) is 24.2. The van der Waals surface area contributed by atoms with Gasteiger partial charge in [-0.1, -0.05) is 42.5 Å². The summed E-state index contributed by atoms with van der Waals surface area (Å²) in [6, 6.07) is 13.9. The molecular weight excluding hydrogens is 422 g/mol. The topological polar surface area (TPSA) is 111 Å². The third-order valence-electron chi connectivity index (χ3n) is 5.70. The summed E-state index contributed by atoms with van der Waals surface area (Å²) >= 11 is 0. The summed E-state index contributed by atoms with van der Waals surface area (Å²) in [6.07, 6.45) is -0.572. The Kier molecular flexibility index (Phi) is 6.17. The van der Waals surface area contributed by atoms with Crippen molar-refractivity contribution < 1.29 is 32.5 Å². The van der Waals surface area contributed by atoms with Crippen LogP contribution in [0.1, 0.15) is 23.5 Å². The maximum absolute atomic E-state index is 12.7. The number of rotatable bonds is 8. The van der Waals surface area contributed by atoms with E-state index in [0.29, 0.717) is 24.3 Å². The van der Waals surface area contributed by atoms with E-state index in [1.807, 2.05) is 36.4 Å². The molecule has 1 fully saturated rings. The predicted octanol–water partition coefficient (Wildman–Crippen LogP) is 1.38. The number of ether oxygens (including phenoxy) is 3. The first kappa shape index (κ1) is 21.6. The van der Waals surface area contributed by atoms with E-state index < -0.39 is 28.1 Å². The Hall–Kier alpha value is -2.62. The van der Waals surface area contributed by atoms with E-state index in [1.54, 1.807) is 12.1 Å². The number of hydrogen-bond acceptors (Lipinski definition) is 7. The largest absolute Gasteiger partial charge is 0.485 e. The van der Waals surface area contributed by atoms with Crippen molar-refractivity contribution >= 4 is 16.0 Å². The van der Waals surface area contributed by atoms with Crippen LogP contribution in [0, 0.1) is 0 Å². The Labute approximate surface area is 181 Å². The van der Waals surface area contributed by atoms with Gasteiger partial charge in [-0.25, -0.2) is 17.9 Å². The molecule has 0 radical (unpaired) electrons. The van der Waals surface area contributed by atoms with Crippen molar-refractivity contribution in [2.75, 3.05) is 19.5 Å². The van der Waals surface area contributed by atoms with Crippen LogP contribution in [-0.4, -0.2) is 57.2 Å². The maximum Gasteiger partial charge on any atom is 0.343 e. The van der Waals surface area contributed by atoms with Gasteiger partial charge in [0.2, 0.25) is 10.0 Å². The fourth-order valence-electron chi connectivity index (χ4n) is 4.21. The lowest BCUT2D eigenvalue weighted by atomic mass is 9.94. The minimum absolute atomic E-state index is 0.0758. The third kappa shape index (κ3) is 4.68. The molecule has 4 atom stereocenters. The monoisotopic (exact) mass is 447 g/mol. The van der Waals surface area contributed by atoms with Gasteiger partial charge in [-0.15, -0.1) is 0 Å². The number of carbonyl (C=O) groups excluding carboxylic acids is 1. The maximum atomic E-state index is 12.7. The first-order valence-corrected chi connectivity index (χ1v) is 11.7. The number of nitrogens with one attached hydrogen (secondary N) is 1. The van der Waals surface area contributed by atoms with E-state index in [0.717, 1.165) is 11.1 Å². The second-order valence-electron chi connectivity index (χ2n) is 7.72. The average Bonchev–Trinajstić information content (AvgIpc) is 3.27. The minimum atomic E-state index is -3.63. The summed E-state index contributed by atoms with van der Waals surface area (Å²) in [5.74, 6) is -0.0825. The van der Waals surface area contributed by atoms with Crippen LogP contribution in [-0.2, 0) is 26.0 Å². The molecule has 1 saturated carbocycles. The Morgan fingerprint density at radius 1 is 1.19 bits per heavy atom. The number of aliphatic hydroxyl groups excluding tert-OH is 1. The molecule has 0 saturated heterocycles. The van der Waals surface area contributed by atoms with Gasteiger partial charge < -0.3 is 19.3 Å². The van der Waals surface area contributed by atoms with E-state index in [4.69, 9.17) is 9.47 Å². The van der Waals surface area contributed by atoms with Crippen molar-refractivity contribution in [1.82, 2.24) is 4.72 Å². The van der Waals surface area contributed by atoms with E-state index in [9.17, 15) is 18.3 Å². The summed E-state index contributed by atoms with van der Waals surface area (Å²) in [6.45, 7) is -0.260. The van der Waals surface area contributed by atoms with Crippen molar-refractivity contribution in [3.63, 3.8) is 0 Å². The Balaban J connectivity index is 1.49. The molecule has 166 valence electrons. The van der Waals surface area contributed by atoms with Crippen LogP contribution in [0.3, 0.4) is 0 Å². The molecule has 1 aliphatic heterocycles. The zero-order valence-electron chi connectivity index (χ0n) is 17.1. The van der Waals surface area contributed by atoms with Gasteiger partial charge in [-0.3, -0.25) is 0 Å². The van der Waals surface area contributed by atoms with Gasteiger partial charge in [0.25, 0.3) is 0 Å². The highest BCUT2D eigenvalue weighted by atomic mass is 32.2. The summed E-state index contributed by atoms with van der Waals surface area (Å²) in [5, 5.41) is 10.5. The number of benzene rings is 2. The fraction of sp³-hybridized carbons (Fsp3) is 0.409. The highest BCUT2D eigenvalue weighted by Gasteiger charge is 2.51. The first-order valence-electron chi connectivity index (χ1n) is 10.1. The van der Waals surface area contributed by atoms with Crippen molar-refractivity contribution in [3.8, 4) is 11.5 Å². The number of aryl methyl sites for hydroxylation is 1. The van der Waals surface area contributed by atoms with Crippen molar-refractivity contribution in [2.45, 2.75) is 37.0 Å². The second-order valence-corrected chi connectivity index (χ2v) is 9.60. The molecule has 1 heterocycles. The molecule has 31 heavy (non-hydrogen) atoms. The molecule has 0 bridgehead atoms. The number of aliphatic hydroxyl groups is 1. The van der Waals surface area contributed by atoms with Crippen LogP contribution in [0.4, 0.5) is 0 Å². The van der Waals surface area contributed by atoms with Crippen LogP contribution >= 0.6 is 0 Å². The molecule has 0 amide bonds. The van der Waals surface area contributed by atoms with Crippen LogP contribution in [0.2, 0.25) is 0 Å². The summed E-state index contributed by atoms with van der Waals surface area (Å²) in [7, 11) is -2.35. The van der Waals surface area contributed by atoms with E-state index in [2.05, 4.69) is 9.46 Å². The molecule has 4 unspecified atom stereocenters.